The molecule has 50 valence electrons. The molecule has 9 heavy (non-hydrogen) atoms. The van der Waals surface area contributed by atoms with Gasteiger partial charge in [0, 0.05) is 0 Å². The van der Waals surface area contributed by atoms with Crippen LogP contribution in [-0.2, 0) is 0 Å². The third-order valence-electron chi connectivity index (χ3n) is 1.11. The zero-order chi connectivity index (χ0) is 6.85. The van der Waals surface area contributed by atoms with Crippen LogP contribution in [0.1, 0.15) is 6.42 Å². The summed E-state index contributed by atoms with van der Waals surface area (Å²) in [5.74, 6) is -0.532. The molecule has 1 rings (SSSR count). The van der Waals surface area contributed by atoms with Crippen LogP contribution < -0.4 is 0 Å². The first-order chi connectivity index (χ1) is 4.20. The average molecular weight is 149 g/mol. The molecule has 0 aromatic heterocycles. The second-order valence-corrected chi connectivity index (χ2v) is 2.28. The van der Waals surface area contributed by atoms with Crippen molar-refractivity contribution in [2.45, 2.75) is 12.5 Å². The van der Waals surface area contributed by atoms with Gasteiger partial charge in [0.2, 0.25) is 0 Å². The van der Waals surface area contributed by atoms with Gasteiger partial charge in [-0.2, -0.15) is 0 Å². The van der Waals surface area contributed by atoms with Crippen molar-refractivity contribution in [1.29, 1.82) is 0 Å². The molecule has 0 aliphatic heterocycles. The Bertz CT molecular complexity index is 174. The molecular formula is C6H6ClFO. The van der Waals surface area contributed by atoms with Crippen molar-refractivity contribution in [3.63, 3.8) is 0 Å². The predicted molar refractivity (Wildman–Crippen MR) is 33.8 cm³/mol. The Morgan fingerprint density at radius 2 is 2.44 bits per heavy atom. The molecule has 1 N–H and O–H groups in total. The predicted octanol–water partition coefficient (Wildman–Crippen LogP) is 1.73. The second-order valence-electron chi connectivity index (χ2n) is 1.87. The summed E-state index contributed by atoms with van der Waals surface area (Å²) in [5.41, 5.74) is 0. The van der Waals surface area contributed by atoms with Gasteiger partial charge in [-0.05, 0) is 12.5 Å². The van der Waals surface area contributed by atoms with E-state index in [0.717, 1.165) is 6.08 Å². The molecule has 1 aliphatic carbocycles. The molecule has 0 aromatic carbocycles. The Morgan fingerprint density at radius 3 is 2.89 bits per heavy atom. The summed E-state index contributed by atoms with van der Waals surface area (Å²) in [4.78, 5) is 0. The van der Waals surface area contributed by atoms with E-state index in [1.165, 1.54) is 6.08 Å². The minimum absolute atomic E-state index is 0.0975. The molecule has 0 aromatic rings. The summed E-state index contributed by atoms with van der Waals surface area (Å²) in [6.07, 6.45) is 2.27. The number of aliphatic hydroxyl groups excluding tert-OH is 1. The van der Waals surface area contributed by atoms with Crippen molar-refractivity contribution in [3.8, 4) is 0 Å². The average Bonchev–Trinajstić information content (AvgIpc) is 1.80. The van der Waals surface area contributed by atoms with E-state index < -0.39 is 11.9 Å². The molecule has 3 heteroatoms. The number of allylic oxidation sites excluding steroid dienone is 2. The summed E-state index contributed by atoms with van der Waals surface area (Å²) >= 11 is 5.34. The molecule has 0 bridgehead atoms. The molecule has 0 amide bonds. The van der Waals surface area contributed by atoms with Crippen LogP contribution in [0.3, 0.4) is 0 Å². The van der Waals surface area contributed by atoms with Gasteiger partial charge in [0.25, 0.3) is 0 Å². The highest BCUT2D eigenvalue weighted by molar-refractivity contribution is 6.31. The van der Waals surface area contributed by atoms with Crippen molar-refractivity contribution in [3.05, 3.63) is 23.0 Å². The van der Waals surface area contributed by atoms with E-state index in [1.807, 2.05) is 0 Å². The van der Waals surface area contributed by atoms with Crippen LogP contribution in [0.2, 0.25) is 0 Å². The van der Waals surface area contributed by atoms with E-state index >= 15 is 0 Å². The summed E-state index contributed by atoms with van der Waals surface area (Å²) in [5, 5.41) is 8.88. The van der Waals surface area contributed by atoms with E-state index in [4.69, 9.17) is 16.7 Å². The summed E-state index contributed by atoms with van der Waals surface area (Å²) in [6, 6.07) is 0. The van der Waals surface area contributed by atoms with Gasteiger partial charge in [0.15, 0.2) is 0 Å². The topological polar surface area (TPSA) is 20.2 Å². The number of hydrogen-bond acceptors (Lipinski definition) is 1. The highest BCUT2D eigenvalue weighted by atomic mass is 35.5. The van der Waals surface area contributed by atoms with Gasteiger partial charge in [-0.3, -0.25) is 0 Å². The number of aliphatic hydroxyl groups is 1. The second kappa shape index (κ2) is 2.50. The SMILES string of the molecule is OC1C=C(F)C(Cl)=CC1. The van der Waals surface area contributed by atoms with Crippen LogP contribution in [0.25, 0.3) is 0 Å². The van der Waals surface area contributed by atoms with Gasteiger partial charge in [-0.15, -0.1) is 0 Å². The number of rotatable bonds is 0. The van der Waals surface area contributed by atoms with E-state index in [-0.39, 0.29) is 5.03 Å². The first-order valence-electron chi connectivity index (χ1n) is 2.61. The lowest BCUT2D eigenvalue weighted by Crippen LogP contribution is -2.04. The van der Waals surface area contributed by atoms with Crippen molar-refractivity contribution in [1.82, 2.24) is 0 Å². The maximum atomic E-state index is 12.3. The maximum absolute atomic E-state index is 12.3. The van der Waals surface area contributed by atoms with Crippen LogP contribution >= 0.6 is 11.6 Å². The largest absolute Gasteiger partial charge is 0.389 e. The van der Waals surface area contributed by atoms with Gasteiger partial charge < -0.3 is 5.11 Å². The van der Waals surface area contributed by atoms with E-state index in [2.05, 4.69) is 0 Å². The molecular weight excluding hydrogens is 143 g/mol. The lowest BCUT2D eigenvalue weighted by Gasteiger charge is -2.07. The Kier molecular flexibility index (Phi) is 1.88. The molecule has 1 nitrogen and oxygen atoms in total. The first-order valence-corrected chi connectivity index (χ1v) is 2.99. The van der Waals surface area contributed by atoms with E-state index in [9.17, 15) is 4.39 Å². The summed E-state index contributed by atoms with van der Waals surface area (Å²) in [6.45, 7) is 0. The lowest BCUT2D eigenvalue weighted by molar-refractivity contribution is 0.222. The van der Waals surface area contributed by atoms with Gasteiger partial charge in [-0.25, -0.2) is 4.39 Å². The quantitative estimate of drug-likeness (QED) is 0.555. The molecule has 0 heterocycles. The van der Waals surface area contributed by atoms with Crippen LogP contribution in [0.5, 0.6) is 0 Å². The maximum Gasteiger partial charge on any atom is 0.140 e. The summed E-state index contributed by atoms with van der Waals surface area (Å²) < 4.78 is 12.3. The van der Waals surface area contributed by atoms with Crippen molar-refractivity contribution in [2.75, 3.05) is 0 Å². The zero-order valence-electron chi connectivity index (χ0n) is 4.64. The monoisotopic (exact) mass is 148 g/mol. The summed E-state index contributed by atoms with van der Waals surface area (Å²) in [7, 11) is 0. The fourth-order valence-corrected chi connectivity index (χ4v) is 0.790. The van der Waals surface area contributed by atoms with Gasteiger partial charge in [-0.1, -0.05) is 17.7 Å². The zero-order valence-corrected chi connectivity index (χ0v) is 5.40. The highest BCUT2D eigenvalue weighted by Gasteiger charge is 2.10. The molecule has 0 saturated carbocycles. The molecule has 0 fully saturated rings. The highest BCUT2D eigenvalue weighted by Crippen LogP contribution is 2.22. The van der Waals surface area contributed by atoms with Crippen molar-refractivity contribution in [2.24, 2.45) is 0 Å². The smallest absolute Gasteiger partial charge is 0.140 e. The first kappa shape index (κ1) is 6.78. The van der Waals surface area contributed by atoms with E-state index in [0.29, 0.717) is 6.42 Å². The Hall–Kier alpha value is -0.340. The molecule has 0 radical (unpaired) electrons. The van der Waals surface area contributed by atoms with Crippen LogP contribution in [-0.4, -0.2) is 11.2 Å². The minimum atomic E-state index is -0.701. The minimum Gasteiger partial charge on any atom is -0.389 e. The van der Waals surface area contributed by atoms with Crippen molar-refractivity contribution >= 4 is 11.6 Å². The van der Waals surface area contributed by atoms with Crippen molar-refractivity contribution < 1.29 is 9.50 Å². The molecule has 0 saturated heterocycles. The third kappa shape index (κ3) is 1.53. The van der Waals surface area contributed by atoms with Gasteiger partial charge >= 0.3 is 0 Å². The van der Waals surface area contributed by atoms with Crippen LogP contribution in [0, 0.1) is 0 Å². The Morgan fingerprint density at radius 1 is 1.78 bits per heavy atom. The Labute approximate surface area is 57.4 Å². The normalized spacial score (nSPS) is 27.2. The molecule has 1 unspecified atom stereocenters. The third-order valence-corrected chi connectivity index (χ3v) is 1.44. The van der Waals surface area contributed by atoms with E-state index in [1.54, 1.807) is 0 Å². The fourth-order valence-electron chi connectivity index (χ4n) is 0.638. The van der Waals surface area contributed by atoms with Crippen LogP contribution in [0.4, 0.5) is 4.39 Å². The van der Waals surface area contributed by atoms with Crippen LogP contribution in [0.15, 0.2) is 23.0 Å². The molecule has 0 spiro atoms. The van der Waals surface area contributed by atoms with Gasteiger partial charge in [0.05, 0.1) is 11.1 Å². The number of halogens is 2. The molecule has 1 atom stereocenters. The standard InChI is InChI=1S/C6H6ClFO/c7-5-2-1-4(9)3-6(5)8/h2-4,9H,1H2. The number of hydrogen-bond donors (Lipinski definition) is 1. The molecule has 1 aliphatic rings. The Balaban J connectivity index is 2.75. The van der Waals surface area contributed by atoms with Gasteiger partial charge in [0.1, 0.15) is 5.83 Å². The fraction of sp³-hybridized carbons (Fsp3) is 0.333. The lowest BCUT2D eigenvalue weighted by atomic mass is 10.1.